The Balaban J connectivity index is 2.68. The number of rotatable bonds is 7. The zero-order chi connectivity index (χ0) is 13.8. The van der Waals surface area contributed by atoms with Crippen LogP contribution in [0.5, 0.6) is 0 Å². The van der Waals surface area contributed by atoms with E-state index in [0.717, 1.165) is 0 Å². The van der Waals surface area contributed by atoms with Crippen LogP contribution in [-0.2, 0) is 21.8 Å². The summed E-state index contributed by atoms with van der Waals surface area (Å²) in [4.78, 5) is 4.02. The molecule has 0 saturated carbocycles. The summed E-state index contributed by atoms with van der Waals surface area (Å²) in [6, 6.07) is 0. The van der Waals surface area contributed by atoms with Gasteiger partial charge in [0.1, 0.15) is 5.82 Å². The number of likely N-dealkylation sites (N-methyl/N-ethyl adjacent to an activating group) is 1. The van der Waals surface area contributed by atoms with Gasteiger partial charge in [0.05, 0.1) is 13.2 Å². The first-order valence-electron chi connectivity index (χ1n) is 5.63. The van der Waals surface area contributed by atoms with Crippen LogP contribution in [0.4, 0.5) is 0 Å². The first kappa shape index (κ1) is 15.1. The lowest BCUT2D eigenvalue weighted by Gasteiger charge is -2.15. The van der Waals surface area contributed by atoms with Gasteiger partial charge in [-0.3, -0.25) is 0 Å². The SMILES string of the molecule is Cc1nc(S(=O)(=O)N(C)CCOCCN)cn1C. The van der Waals surface area contributed by atoms with Gasteiger partial charge in [-0.15, -0.1) is 0 Å². The van der Waals surface area contributed by atoms with Gasteiger partial charge < -0.3 is 15.0 Å². The van der Waals surface area contributed by atoms with Crippen LogP contribution < -0.4 is 5.73 Å². The van der Waals surface area contributed by atoms with Crippen LogP contribution in [0, 0.1) is 6.92 Å². The van der Waals surface area contributed by atoms with E-state index in [1.807, 2.05) is 0 Å². The molecule has 1 heterocycles. The lowest BCUT2D eigenvalue weighted by atomic mass is 10.6. The second-order valence-corrected chi connectivity index (χ2v) is 5.96. The number of imidazole rings is 1. The molecule has 7 nitrogen and oxygen atoms in total. The highest BCUT2D eigenvalue weighted by atomic mass is 32.2. The molecule has 0 aliphatic rings. The van der Waals surface area contributed by atoms with E-state index < -0.39 is 10.0 Å². The van der Waals surface area contributed by atoms with Gasteiger partial charge in [-0.25, -0.2) is 13.4 Å². The predicted molar refractivity (Wildman–Crippen MR) is 67.6 cm³/mol. The highest BCUT2D eigenvalue weighted by molar-refractivity contribution is 7.89. The summed E-state index contributed by atoms with van der Waals surface area (Å²) < 4.78 is 32.3. The molecule has 1 aromatic heterocycles. The molecule has 0 aliphatic carbocycles. The van der Waals surface area contributed by atoms with Gasteiger partial charge in [0, 0.05) is 33.4 Å². The molecule has 0 radical (unpaired) electrons. The van der Waals surface area contributed by atoms with E-state index in [9.17, 15) is 8.42 Å². The smallest absolute Gasteiger partial charge is 0.261 e. The van der Waals surface area contributed by atoms with Crippen molar-refractivity contribution in [3.8, 4) is 0 Å². The molecule has 0 aromatic carbocycles. The molecule has 0 amide bonds. The van der Waals surface area contributed by atoms with Crippen molar-refractivity contribution in [2.45, 2.75) is 11.9 Å². The van der Waals surface area contributed by atoms with Crippen LogP contribution in [0.15, 0.2) is 11.2 Å². The topological polar surface area (TPSA) is 90.4 Å². The summed E-state index contributed by atoms with van der Waals surface area (Å²) in [7, 11) is -0.277. The molecule has 2 N–H and O–H groups in total. The van der Waals surface area contributed by atoms with Crippen LogP contribution in [0.25, 0.3) is 0 Å². The molecule has 0 atom stereocenters. The third kappa shape index (κ3) is 3.52. The van der Waals surface area contributed by atoms with Gasteiger partial charge in [-0.05, 0) is 6.92 Å². The Morgan fingerprint density at radius 1 is 1.50 bits per heavy atom. The minimum Gasteiger partial charge on any atom is -0.379 e. The molecule has 18 heavy (non-hydrogen) atoms. The first-order valence-corrected chi connectivity index (χ1v) is 7.07. The van der Waals surface area contributed by atoms with Crippen molar-refractivity contribution < 1.29 is 13.2 Å². The van der Waals surface area contributed by atoms with Crippen LogP contribution >= 0.6 is 0 Å². The van der Waals surface area contributed by atoms with E-state index in [-0.39, 0.29) is 11.6 Å². The highest BCUT2D eigenvalue weighted by Gasteiger charge is 2.23. The molecular formula is C10H20N4O3S. The van der Waals surface area contributed by atoms with Crippen molar-refractivity contribution in [3.05, 3.63) is 12.0 Å². The van der Waals surface area contributed by atoms with Crippen LogP contribution in [0.2, 0.25) is 0 Å². The monoisotopic (exact) mass is 276 g/mol. The van der Waals surface area contributed by atoms with Crippen LogP contribution in [0.3, 0.4) is 0 Å². The standard InChI is InChI=1S/C10H20N4O3S/c1-9-12-10(8-13(9)2)18(15,16)14(3)5-7-17-6-4-11/h8H,4-7,11H2,1-3H3. The van der Waals surface area contributed by atoms with Crippen molar-refractivity contribution in [1.82, 2.24) is 13.9 Å². The number of ether oxygens (including phenoxy) is 1. The van der Waals surface area contributed by atoms with Crippen molar-refractivity contribution in [2.75, 3.05) is 33.4 Å². The quantitative estimate of drug-likeness (QED) is 0.667. The highest BCUT2D eigenvalue weighted by Crippen LogP contribution is 2.12. The van der Waals surface area contributed by atoms with Crippen LogP contribution in [0.1, 0.15) is 5.82 Å². The summed E-state index contributed by atoms with van der Waals surface area (Å²) in [6.07, 6.45) is 1.50. The van der Waals surface area contributed by atoms with Gasteiger partial charge in [0.15, 0.2) is 5.03 Å². The maximum Gasteiger partial charge on any atom is 0.261 e. The normalized spacial score (nSPS) is 12.3. The van der Waals surface area contributed by atoms with E-state index in [2.05, 4.69) is 4.98 Å². The molecule has 0 fully saturated rings. The Morgan fingerprint density at radius 2 is 2.17 bits per heavy atom. The Labute approximate surface area is 108 Å². The Hall–Kier alpha value is -0.960. The second-order valence-electron chi connectivity index (χ2n) is 3.96. The van der Waals surface area contributed by atoms with E-state index in [4.69, 9.17) is 10.5 Å². The van der Waals surface area contributed by atoms with Crippen molar-refractivity contribution >= 4 is 10.0 Å². The lowest BCUT2D eigenvalue weighted by molar-refractivity contribution is 0.133. The average molecular weight is 276 g/mol. The summed E-state index contributed by atoms with van der Waals surface area (Å²) >= 11 is 0. The molecular weight excluding hydrogens is 256 g/mol. The van der Waals surface area contributed by atoms with Crippen LogP contribution in [-0.4, -0.2) is 55.6 Å². The Morgan fingerprint density at radius 3 is 2.67 bits per heavy atom. The van der Waals surface area contributed by atoms with Gasteiger partial charge in [0.25, 0.3) is 10.0 Å². The summed E-state index contributed by atoms with van der Waals surface area (Å²) in [5.74, 6) is 0.654. The molecule has 1 rings (SSSR count). The average Bonchev–Trinajstić information content (AvgIpc) is 2.65. The van der Waals surface area contributed by atoms with Gasteiger partial charge in [-0.2, -0.15) is 4.31 Å². The van der Waals surface area contributed by atoms with Gasteiger partial charge in [-0.1, -0.05) is 0 Å². The number of nitrogens with zero attached hydrogens (tertiary/aromatic N) is 3. The fraction of sp³-hybridized carbons (Fsp3) is 0.700. The molecule has 0 saturated heterocycles. The fourth-order valence-electron chi connectivity index (χ4n) is 1.31. The van der Waals surface area contributed by atoms with Crippen molar-refractivity contribution in [3.63, 3.8) is 0 Å². The zero-order valence-electron chi connectivity index (χ0n) is 11.0. The summed E-state index contributed by atoms with van der Waals surface area (Å²) in [5.41, 5.74) is 5.27. The largest absolute Gasteiger partial charge is 0.379 e. The Bertz CT molecular complexity index is 464. The first-order chi connectivity index (χ1) is 8.39. The van der Waals surface area contributed by atoms with E-state index in [1.54, 1.807) is 18.5 Å². The minimum absolute atomic E-state index is 0.0591. The number of aromatic nitrogens is 2. The van der Waals surface area contributed by atoms with Gasteiger partial charge in [0.2, 0.25) is 0 Å². The van der Waals surface area contributed by atoms with Crippen molar-refractivity contribution in [1.29, 1.82) is 0 Å². The molecule has 0 spiro atoms. The Kier molecular flexibility index (Phi) is 5.27. The molecule has 104 valence electrons. The number of sulfonamides is 1. The van der Waals surface area contributed by atoms with Gasteiger partial charge >= 0.3 is 0 Å². The van der Waals surface area contributed by atoms with E-state index in [1.165, 1.54) is 17.5 Å². The second kappa shape index (κ2) is 6.28. The maximum absolute atomic E-state index is 12.1. The molecule has 1 aromatic rings. The van der Waals surface area contributed by atoms with E-state index >= 15 is 0 Å². The predicted octanol–water partition coefficient (Wildman–Crippen LogP) is -0.676. The summed E-state index contributed by atoms with van der Waals surface area (Å²) in [6.45, 7) is 3.20. The molecule has 0 aliphatic heterocycles. The molecule has 0 unspecified atom stereocenters. The lowest BCUT2D eigenvalue weighted by Crippen LogP contribution is -2.31. The third-order valence-corrected chi connectivity index (χ3v) is 4.30. The number of hydrogen-bond acceptors (Lipinski definition) is 5. The maximum atomic E-state index is 12.1. The zero-order valence-corrected chi connectivity index (χ0v) is 11.8. The summed E-state index contributed by atoms with van der Waals surface area (Å²) in [5, 5.41) is 0.0591. The number of hydrogen-bond donors (Lipinski definition) is 1. The number of nitrogens with two attached hydrogens (primary N) is 1. The van der Waals surface area contributed by atoms with E-state index in [0.29, 0.717) is 25.6 Å². The molecule has 8 heteroatoms. The fourth-order valence-corrected chi connectivity index (χ4v) is 2.48. The molecule has 0 bridgehead atoms. The third-order valence-electron chi connectivity index (χ3n) is 2.57. The van der Waals surface area contributed by atoms with Crippen molar-refractivity contribution in [2.24, 2.45) is 12.8 Å². The minimum atomic E-state index is -3.54. The number of aryl methyl sites for hydroxylation is 2.